The molecule has 0 unspecified atom stereocenters. The van der Waals surface area contributed by atoms with Gasteiger partial charge in [-0.25, -0.2) is 4.79 Å². The van der Waals surface area contributed by atoms with E-state index < -0.39 is 7.26 Å². The van der Waals surface area contributed by atoms with Crippen LogP contribution in [0.25, 0.3) is 0 Å². The Morgan fingerprint density at radius 1 is 0.633 bits per heavy atom. The zero-order valence-corrected chi connectivity index (χ0v) is 17.8. The summed E-state index contributed by atoms with van der Waals surface area (Å²) in [6, 6.07) is 40.1. The van der Waals surface area contributed by atoms with Gasteiger partial charge in [-0.3, -0.25) is 0 Å². The molecule has 0 N–H and O–H groups in total. The van der Waals surface area contributed by atoms with Gasteiger partial charge in [0.25, 0.3) is 0 Å². The fourth-order valence-corrected chi connectivity index (χ4v) is 8.13. The van der Waals surface area contributed by atoms with Gasteiger partial charge in [-0.15, -0.1) is 0 Å². The maximum Gasteiger partial charge on any atom is 0.337 e. The normalized spacial score (nSPS) is 11.1. The lowest BCUT2D eigenvalue weighted by Gasteiger charge is -2.28. The van der Waals surface area contributed by atoms with Gasteiger partial charge in [0.05, 0.1) is 18.8 Å². The minimum Gasteiger partial charge on any atom is -0.465 e. The Morgan fingerprint density at radius 2 is 1.07 bits per heavy atom. The lowest BCUT2D eigenvalue weighted by atomic mass is 10.2. The van der Waals surface area contributed by atoms with E-state index in [4.69, 9.17) is 4.74 Å². The highest BCUT2D eigenvalue weighted by Gasteiger charge is 2.45. The van der Waals surface area contributed by atoms with Crippen LogP contribution in [0.2, 0.25) is 0 Å². The van der Waals surface area contributed by atoms with Gasteiger partial charge >= 0.3 is 5.97 Å². The summed E-state index contributed by atoms with van der Waals surface area (Å²) in [6.45, 7) is 0. The van der Waals surface area contributed by atoms with Crippen LogP contribution < -0.4 is 15.9 Å². The van der Waals surface area contributed by atoms with Crippen molar-refractivity contribution < 1.29 is 9.53 Å². The molecule has 4 aromatic rings. The molecule has 0 saturated heterocycles. The number of carbonyl (C=O) groups excluding carboxylic acids is 1. The highest BCUT2D eigenvalue weighted by molar-refractivity contribution is 7.95. The van der Waals surface area contributed by atoms with Gasteiger partial charge in [0.1, 0.15) is 23.2 Å². The molecule has 0 aliphatic carbocycles. The molecule has 4 rings (SSSR count). The van der Waals surface area contributed by atoms with Crippen molar-refractivity contribution in [1.29, 1.82) is 0 Å². The van der Waals surface area contributed by atoms with Crippen LogP contribution in [0.4, 0.5) is 0 Å². The third-order valence-corrected chi connectivity index (χ3v) is 9.76. The standard InChI is InChI=1S/C27H24O2P/c1-29-27(28)23-17-19-26(20-18-23)30(24-13-7-3-8-14-24,25-15-9-4-10-16-25)21-22-11-5-2-6-12-22/h2-20H,21H2,1H3/q+1. The summed E-state index contributed by atoms with van der Waals surface area (Å²) in [5.74, 6) is -0.312. The second-order valence-corrected chi connectivity index (χ2v) is 10.6. The number of benzene rings is 4. The van der Waals surface area contributed by atoms with Crippen molar-refractivity contribution in [1.82, 2.24) is 0 Å². The Balaban J connectivity index is 1.96. The number of rotatable bonds is 6. The number of methoxy groups -OCH3 is 1. The molecule has 0 bridgehead atoms. The van der Waals surface area contributed by atoms with Crippen LogP contribution in [0.15, 0.2) is 115 Å². The number of carbonyl (C=O) groups is 1. The van der Waals surface area contributed by atoms with E-state index in [-0.39, 0.29) is 5.97 Å². The van der Waals surface area contributed by atoms with E-state index in [2.05, 4.69) is 103 Å². The lowest BCUT2D eigenvalue weighted by molar-refractivity contribution is 0.0601. The molecule has 0 saturated carbocycles. The molecule has 0 atom stereocenters. The fourth-order valence-electron chi connectivity index (χ4n) is 3.91. The summed E-state index contributed by atoms with van der Waals surface area (Å²) in [5.41, 5.74) is 1.87. The first kappa shape index (κ1) is 20.1. The molecular weight excluding hydrogens is 387 g/mol. The SMILES string of the molecule is COC(=O)c1ccc([P+](Cc2ccccc2)(c2ccccc2)c2ccccc2)cc1. The average Bonchev–Trinajstić information content (AvgIpc) is 2.84. The molecule has 2 nitrogen and oxygen atoms in total. The van der Waals surface area contributed by atoms with Gasteiger partial charge in [-0.2, -0.15) is 0 Å². The average molecular weight is 411 g/mol. The Kier molecular flexibility index (Phi) is 6.07. The van der Waals surface area contributed by atoms with Crippen molar-refractivity contribution in [3.05, 3.63) is 126 Å². The number of esters is 1. The molecule has 148 valence electrons. The van der Waals surface area contributed by atoms with Gasteiger partial charge in [0, 0.05) is 0 Å². The third kappa shape index (κ3) is 3.92. The molecule has 0 amide bonds. The molecular formula is C27H24O2P+. The van der Waals surface area contributed by atoms with Gasteiger partial charge in [-0.1, -0.05) is 66.7 Å². The van der Waals surface area contributed by atoms with Crippen LogP contribution in [0, 0.1) is 0 Å². The maximum absolute atomic E-state index is 12.0. The van der Waals surface area contributed by atoms with Crippen LogP contribution >= 0.6 is 7.26 Å². The second kappa shape index (κ2) is 9.07. The van der Waals surface area contributed by atoms with Crippen molar-refractivity contribution in [3.8, 4) is 0 Å². The van der Waals surface area contributed by atoms with Crippen molar-refractivity contribution in [2.24, 2.45) is 0 Å². The smallest absolute Gasteiger partial charge is 0.337 e. The third-order valence-electron chi connectivity index (χ3n) is 5.39. The van der Waals surface area contributed by atoms with Gasteiger partial charge in [-0.05, 0) is 54.1 Å². The molecule has 3 heteroatoms. The first-order chi connectivity index (χ1) is 14.7. The molecule has 0 radical (unpaired) electrons. The van der Waals surface area contributed by atoms with E-state index >= 15 is 0 Å². The fraction of sp³-hybridized carbons (Fsp3) is 0.0741. The minimum atomic E-state index is -1.99. The van der Waals surface area contributed by atoms with E-state index in [9.17, 15) is 4.79 Å². The molecule has 0 aromatic heterocycles. The minimum absolute atomic E-state index is 0.312. The van der Waals surface area contributed by atoms with Crippen LogP contribution in [0.5, 0.6) is 0 Å². The molecule has 0 aliphatic heterocycles. The van der Waals surface area contributed by atoms with Crippen molar-refractivity contribution in [2.75, 3.05) is 7.11 Å². The Labute approximate surface area is 178 Å². The molecule has 0 fully saturated rings. The Hall–Kier alpha value is -3.22. The van der Waals surface area contributed by atoms with Crippen LogP contribution in [0.3, 0.4) is 0 Å². The predicted octanol–water partition coefficient (Wildman–Crippen LogP) is 4.97. The second-order valence-electron chi connectivity index (χ2n) is 7.16. The zero-order chi connectivity index (χ0) is 20.8. The topological polar surface area (TPSA) is 26.3 Å². The maximum atomic E-state index is 12.0. The Morgan fingerprint density at radius 3 is 1.53 bits per heavy atom. The quantitative estimate of drug-likeness (QED) is 0.331. The molecule has 30 heavy (non-hydrogen) atoms. The van der Waals surface area contributed by atoms with Crippen LogP contribution in [-0.2, 0) is 10.9 Å². The molecule has 0 aliphatic rings. The summed E-state index contributed by atoms with van der Waals surface area (Å²) in [7, 11) is -0.572. The summed E-state index contributed by atoms with van der Waals surface area (Å²) in [5, 5.41) is 3.90. The van der Waals surface area contributed by atoms with E-state index in [0.717, 1.165) is 6.16 Å². The van der Waals surface area contributed by atoms with E-state index in [0.29, 0.717) is 5.56 Å². The number of hydrogen-bond acceptors (Lipinski definition) is 2. The lowest BCUT2D eigenvalue weighted by Crippen LogP contribution is -2.32. The summed E-state index contributed by atoms with van der Waals surface area (Å²) in [6.07, 6.45) is 0.916. The van der Waals surface area contributed by atoms with E-state index in [1.54, 1.807) is 0 Å². The Bertz CT molecular complexity index is 1050. The monoisotopic (exact) mass is 411 g/mol. The van der Waals surface area contributed by atoms with Crippen LogP contribution in [0.1, 0.15) is 15.9 Å². The molecule has 0 heterocycles. The van der Waals surface area contributed by atoms with Gasteiger partial charge in [0.15, 0.2) is 0 Å². The number of ether oxygens (including phenoxy) is 1. The van der Waals surface area contributed by atoms with Crippen LogP contribution in [-0.4, -0.2) is 13.1 Å². The highest BCUT2D eigenvalue weighted by Crippen LogP contribution is 2.58. The summed E-state index contributed by atoms with van der Waals surface area (Å²) < 4.78 is 4.90. The van der Waals surface area contributed by atoms with Crippen molar-refractivity contribution in [3.63, 3.8) is 0 Å². The highest BCUT2D eigenvalue weighted by atomic mass is 31.2. The van der Waals surface area contributed by atoms with Crippen molar-refractivity contribution >= 4 is 29.1 Å². The van der Waals surface area contributed by atoms with E-state index in [1.807, 2.05) is 12.1 Å². The summed E-state index contributed by atoms with van der Waals surface area (Å²) >= 11 is 0. The largest absolute Gasteiger partial charge is 0.465 e. The molecule has 4 aromatic carbocycles. The first-order valence-electron chi connectivity index (χ1n) is 9.96. The molecule has 0 spiro atoms. The summed E-state index contributed by atoms with van der Waals surface area (Å²) in [4.78, 5) is 12.0. The van der Waals surface area contributed by atoms with Gasteiger partial charge < -0.3 is 4.74 Å². The predicted molar refractivity (Wildman–Crippen MR) is 127 cm³/mol. The zero-order valence-electron chi connectivity index (χ0n) is 16.9. The number of hydrogen-bond donors (Lipinski definition) is 0. The first-order valence-corrected chi connectivity index (χ1v) is 11.9. The van der Waals surface area contributed by atoms with Gasteiger partial charge in [0.2, 0.25) is 0 Å². The van der Waals surface area contributed by atoms with E-state index in [1.165, 1.54) is 28.6 Å². The van der Waals surface area contributed by atoms with Crippen molar-refractivity contribution in [2.45, 2.75) is 6.16 Å².